The van der Waals surface area contributed by atoms with Gasteiger partial charge in [-0.1, -0.05) is 64.5 Å². The van der Waals surface area contributed by atoms with Crippen molar-refractivity contribution in [2.45, 2.75) is 43.8 Å². The third-order valence-electron chi connectivity index (χ3n) is 9.50. The number of fused-ring (bicyclic) bond motifs is 5. The fraction of sp³-hybridized carbons (Fsp3) is 0.343. The predicted molar refractivity (Wildman–Crippen MR) is 174 cm³/mol. The molecule has 1 N–H and O–H groups in total. The number of ether oxygens (including phenoxy) is 3. The molecule has 1 fully saturated rings. The second kappa shape index (κ2) is 11.9. The van der Waals surface area contributed by atoms with Gasteiger partial charge in [-0.25, -0.2) is 9.59 Å². The van der Waals surface area contributed by atoms with Crippen LogP contribution in [0.3, 0.4) is 0 Å². The van der Waals surface area contributed by atoms with Crippen molar-refractivity contribution in [3.05, 3.63) is 94.0 Å². The van der Waals surface area contributed by atoms with Gasteiger partial charge in [-0.15, -0.1) is 0 Å². The lowest BCUT2D eigenvalue weighted by Gasteiger charge is -2.43. The van der Waals surface area contributed by atoms with Crippen LogP contribution in [0.1, 0.15) is 37.5 Å². The summed E-state index contributed by atoms with van der Waals surface area (Å²) in [6.07, 6.45) is 0. The first-order chi connectivity index (χ1) is 22.6. The minimum absolute atomic E-state index is 0.0912. The van der Waals surface area contributed by atoms with E-state index in [9.17, 15) is 19.2 Å². The van der Waals surface area contributed by atoms with Crippen LogP contribution in [-0.2, 0) is 55.7 Å². The van der Waals surface area contributed by atoms with Crippen molar-refractivity contribution >= 4 is 57.0 Å². The number of para-hydroxylation sites is 2. The zero-order valence-electron chi connectivity index (χ0n) is 26.4. The Morgan fingerprint density at radius 3 is 2.00 bits per heavy atom. The highest BCUT2D eigenvalue weighted by Crippen LogP contribution is 2.69. The molecule has 0 bridgehead atoms. The number of likely N-dealkylation sites (N-methyl/N-ethyl adjacent to an activating group) is 1. The number of carbonyl (C=O) groups excluding carboxylic acids is 5. The molecule has 3 aliphatic rings. The molecule has 1 saturated heterocycles. The average Bonchev–Trinajstić information content (AvgIpc) is 3.58. The molecule has 12 heteroatoms. The van der Waals surface area contributed by atoms with Crippen molar-refractivity contribution in [3.63, 3.8) is 0 Å². The number of carbonyl (C=O) groups is 5. The third kappa shape index (κ3) is 4.10. The van der Waals surface area contributed by atoms with Crippen LogP contribution in [0, 0.1) is 5.92 Å². The number of benzene rings is 3. The summed E-state index contributed by atoms with van der Waals surface area (Å²) in [5.74, 6) is -6.56. The van der Waals surface area contributed by atoms with Crippen LogP contribution < -0.4 is 10.2 Å². The third-order valence-corrected chi connectivity index (χ3v) is 10.0. The van der Waals surface area contributed by atoms with E-state index < -0.39 is 52.1 Å². The van der Waals surface area contributed by atoms with Crippen LogP contribution in [0.25, 0.3) is 0 Å². The highest BCUT2D eigenvalue weighted by molar-refractivity contribution is 9.10. The molecule has 3 atom stereocenters. The maximum Gasteiger partial charge on any atom is 0.339 e. The monoisotopic (exact) mass is 703 g/mol. The van der Waals surface area contributed by atoms with E-state index >= 15 is 4.79 Å². The fourth-order valence-corrected chi connectivity index (χ4v) is 8.15. The molecule has 0 radical (unpaired) electrons. The molecule has 0 saturated carbocycles. The summed E-state index contributed by atoms with van der Waals surface area (Å²) >= 11 is 3.45. The van der Waals surface area contributed by atoms with Crippen LogP contribution >= 0.6 is 15.9 Å². The lowest BCUT2D eigenvalue weighted by atomic mass is 9.57. The summed E-state index contributed by atoms with van der Waals surface area (Å²) in [6, 6.07) is 21.0. The van der Waals surface area contributed by atoms with Crippen molar-refractivity contribution in [2.24, 2.45) is 5.92 Å². The Bertz CT molecular complexity index is 1780. The Labute approximate surface area is 280 Å². The van der Waals surface area contributed by atoms with Crippen LogP contribution in [0.2, 0.25) is 0 Å². The summed E-state index contributed by atoms with van der Waals surface area (Å²) in [5.41, 5.74) is -4.79. The summed E-state index contributed by atoms with van der Waals surface area (Å²) < 4.78 is 17.6. The SMILES string of the molecule is CCOC(=O)C1C(C(=O)OCC)(C(=O)OCC)N(C)C2(C(=O)N(Cc3ccc(Br)cc3)c3ccccc32)C12C(=O)Nc1ccccc12. The second-order valence-corrected chi connectivity index (χ2v) is 12.4. The fourth-order valence-electron chi connectivity index (χ4n) is 7.89. The lowest BCUT2D eigenvalue weighted by Crippen LogP contribution is -2.65. The van der Waals surface area contributed by atoms with Gasteiger partial charge in [0.25, 0.3) is 5.91 Å². The van der Waals surface area contributed by atoms with E-state index in [2.05, 4.69) is 21.2 Å². The summed E-state index contributed by atoms with van der Waals surface area (Å²) in [4.78, 5) is 76.9. The molecule has 3 aromatic carbocycles. The quantitative estimate of drug-likeness (QED) is 0.210. The first-order valence-electron chi connectivity index (χ1n) is 15.4. The number of likely N-dealkylation sites (tertiary alicyclic amines) is 1. The Morgan fingerprint density at radius 1 is 0.809 bits per heavy atom. The molecule has 3 aliphatic heterocycles. The van der Waals surface area contributed by atoms with Gasteiger partial charge in [0.15, 0.2) is 0 Å². The van der Waals surface area contributed by atoms with Crippen molar-refractivity contribution in [2.75, 3.05) is 37.1 Å². The molecular weight excluding hydrogens is 670 g/mol. The van der Waals surface area contributed by atoms with Crippen LogP contribution in [0.15, 0.2) is 77.3 Å². The normalized spacial score (nSPS) is 23.9. The smallest absolute Gasteiger partial charge is 0.339 e. The number of hydrogen-bond acceptors (Lipinski definition) is 9. The Morgan fingerprint density at radius 2 is 1.38 bits per heavy atom. The maximum atomic E-state index is 15.6. The summed E-state index contributed by atoms with van der Waals surface area (Å²) in [7, 11) is 1.40. The van der Waals surface area contributed by atoms with E-state index in [1.54, 1.807) is 69.3 Å². The highest BCUT2D eigenvalue weighted by Gasteiger charge is 2.89. The molecule has 3 unspecified atom stereocenters. The number of halogens is 1. The Kier molecular flexibility index (Phi) is 8.21. The van der Waals surface area contributed by atoms with Gasteiger partial charge in [0.1, 0.15) is 16.9 Å². The van der Waals surface area contributed by atoms with Crippen LogP contribution in [-0.4, -0.2) is 67.0 Å². The molecule has 47 heavy (non-hydrogen) atoms. The number of amides is 2. The van der Waals surface area contributed by atoms with Crippen molar-refractivity contribution < 1.29 is 38.2 Å². The minimum Gasteiger partial charge on any atom is -0.466 e. The lowest BCUT2D eigenvalue weighted by molar-refractivity contribution is -0.183. The molecule has 11 nitrogen and oxygen atoms in total. The van der Waals surface area contributed by atoms with E-state index in [-0.39, 0.29) is 31.9 Å². The van der Waals surface area contributed by atoms with E-state index in [1.807, 2.05) is 24.3 Å². The van der Waals surface area contributed by atoms with E-state index in [4.69, 9.17) is 14.2 Å². The maximum absolute atomic E-state index is 15.6. The number of nitrogens with zero attached hydrogens (tertiary/aromatic N) is 2. The summed E-state index contributed by atoms with van der Waals surface area (Å²) in [6.45, 7) is 4.34. The summed E-state index contributed by atoms with van der Waals surface area (Å²) in [5, 5.41) is 2.88. The van der Waals surface area contributed by atoms with Crippen molar-refractivity contribution in [1.29, 1.82) is 0 Å². The molecule has 3 aromatic rings. The van der Waals surface area contributed by atoms with Crippen molar-refractivity contribution in [3.8, 4) is 0 Å². The number of anilines is 2. The molecule has 0 aliphatic carbocycles. The number of nitrogens with one attached hydrogen (secondary N) is 1. The molecular formula is C35H34BrN3O8. The molecule has 2 spiro atoms. The van der Waals surface area contributed by atoms with Gasteiger partial charge in [0.05, 0.1) is 26.4 Å². The standard InChI is InChI=1S/C35H34BrN3O8/c1-5-45-28(40)27-33(23-12-8-10-14-25(23)37-29(33)41)35(38(4)34(27,31(43)46-6-2)32(44)47-7-3)24-13-9-11-15-26(24)39(30(35)42)20-21-16-18-22(36)19-17-21/h8-19,27H,5-7,20H2,1-4H3,(H,37,41). The second-order valence-electron chi connectivity index (χ2n) is 11.5. The number of hydrogen-bond donors (Lipinski definition) is 1. The van der Waals surface area contributed by atoms with Gasteiger partial charge in [0, 0.05) is 21.4 Å². The molecule has 244 valence electrons. The van der Waals surface area contributed by atoms with E-state index in [1.165, 1.54) is 16.8 Å². The molecule has 6 rings (SSSR count). The van der Waals surface area contributed by atoms with Crippen molar-refractivity contribution in [1.82, 2.24) is 4.90 Å². The zero-order chi connectivity index (χ0) is 33.7. The van der Waals surface area contributed by atoms with E-state index in [0.717, 1.165) is 10.0 Å². The highest BCUT2D eigenvalue weighted by atomic mass is 79.9. The van der Waals surface area contributed by atoms with Gasteiger partial charge in [-0.05, 0) is 63.2 Å². The van der Waals surface area contributed by atoms with Gasteiger partial charge < -0.3 is 24.4 Å². The zero-order valence-corrected chi connectivity index (χ0v) is 28.0. The van der Waals surface area contributed by atoms with Crippen LogP contribution in [0.5, 0.6) is 0 Å². The topological polar surface area (TPSA) is 132 Å². The number of esters is 3. The van der Waals surface area contributed by atoms with E-state index in [0.29, 0.717) is 16.9 Å². The van der Waals surface area contributed by atoms with Gasteiger partial charge in [0.2, 0.25) is 11.4 Å². The minimum atomic E-state index is -2.62. The molecule has 2 amide bonds. The van der Waals surface area contributed by atoms with Gasteiger partial charge in [-0.3, -0.25) is 19.3 Å². The van der Waals surface area contributed by atoms with Crippen LogP contribution in [0.4, 0.5) is 11.4 Å². The molecule has 3 heterocycles. The first kappa shape index (κ1) is 32.4. The Balaban J connectivity index is 1.77. The Hall–Kier alpha value is -4.55. The average molecular weight is 705 g/mol. The molecule has 0 aromatic heterocycles. The van der Waals surface area contributed by atoms with Gasteiger partial charge >= 0.3 is 17.9 Å². The largest absolute Gasteiger partial charge is 0.466 e. The predicted octanol–water partition coefficient (Wildman–Crippen LogP) is 4.07. The first-order valence-corrected chi connectivity index (χ1v) is 16.2. The van der Waals surface area contributed by atoms with Gasteiger partial charge in [-0.2, -0.15) is 0 Å². The number of rotatable bonds is 8.